The molecule has 0 fully saturated rings. The van der Waals surface area contributed by atoms with E-state index in [2.05, 4.69) is 43.4 Å². The molecule has 0 aromatic carbocycles. The highest BCUT2D eigenvalue weighted by Crippen LogP contribution is 2.16. The highest BCUT2D eigenvalue weighted by atomic mass is 16.5. The Morgan fingerprint density at radius 3 is 1.89 bits per heavy atom. The van der Waals surface area contributed by atoms with Gasteiger partial charge in [-0.1, -0.05) is 75.5 Å². The van der Waals surface area contributed by atoms with Crippen molar-refractivity contribution in [2.24, 2.45) is 5.41 Å². The Kier molecular flexibility index (Phi) is 17.9. The van der Waals surface area contributed by atoms with E-state index >= 15 is 0 Å². The van der Waals surface area contributed by atoms with Crippen molar-refractivity contribution in [3.05, 3.63) is 36.5 Å². The molecule has 0 rings (SSSR count). The standard InChI is InChI=1S/C23H40O5/c1-2-3-4-5-6-7-8-9-10-11-12-13-14-15-16-17-22(27)28-21-23(18-24,19-25)20-26/h5-10,24-26H,2-4,11-21H2,1H3. The minimum Gasteiger partial charge on any atom is -0.465 e. The molecule has 0 aliphatic heterocycles. The van der Waals surface area contributed by atoms with Gasteiger partial charge in [0.1, 0.15) is 6.61 Å². The summed E-state index contributed by atoms with van der Waals surface area (Å²) >= 11 is 0. The molecular weight excluding hydrogens is 356 g/mol. The van der Waals surface area contributed by atoms with E-state index in [0.717, 1.165) is 44.9 Å². The van der Waals surface area contributed by atoms with Crippen molar-refractivity contribution in [1.29, 1.82) is 0 Å². The number of esters is 1. The van der Waals surface area contributed by atoms with E-state index in [9.17, 15) is 20.1 Å². The summed E-state index contributed by atoms with van der Waals surface area (Å²) in [5.74, 6) is -0.349. The van der Waals surface area contributed by atoms with E-state index in [4.69, 9.17) is 4.74 Å². The van der Waals surface area contributed by atoms with Gasteiger partial charge in [-0.3, -0.25) is 4.79 Å². The van der Waals surface area contributed by atoms with Crippen molar-refractivity contribution in [3.8, 4) is 0 Å². The van der Waals surface area contributed by atoms with Crippen LogP contribution in [0.3, 0.4) is 0 Å². The van der Waals surface area contributed by atoms with E-state index in [1.807, 2.05) is 0 Å². The predicted molar refractivity (Wildman–Crippen MR) is 114 cm³/mol. The highest BCUT2D eigenvalue weighted by Gasteiger charge is 2.29. The first-order valence-electron chi connectivity index (χ1n) is 10.6. The van der Waals surface area contributed by atoms with Gasteiger partial charge in [-0.05, 0) is 25.7 Å². The summed E-state index contributed by atoms with van der Waals surface area (Å²) in [4.78, 5) is 11.7. The molecule has 0 unspecified atom stereocenters. The van der Waals surface area contributed by atoms with E-state index < -0.39 is 25.2 Å². The van der Waals surface area contributed by atoms with Crippen LogP contribution in [-0.2, 0) is 9.53 Å². The maximum Gasteiger partial charge on any atom is 0.305 e. The number of carbonyl (C=O) groups excluding carboxylic acids is 1. The number of unbranched alkanes of at least 4 members (excludes halogenated alkanes) is 7. The highest BCUT2D eigenvalue weighted by molar-refractivity contribution is 5.69. The maximum atomic E-state index is 11.7. The summed E-state index contributed by atoms with van der Waals surface area (Å²) in [5, 5.41) is 27.6. The molecule has 0 amide bonds. The minimum absolute atomic E-state index is 0.162. The number of hydrogen-bond acceptors (Lipinski definition) is 5. The Bertz CT molecular complexity index is 442. The fraction of sp³-hybridized carbons (Fsp3) is 0.696. The number of aliphatic hydroxyl groups excluding tert-OH is 3. The lowest BCUT2D eigenvalue weighted by Gasteiger charge is -2.26. The largest absolute Gasteiger partial charge is 0.465 e. The van der Waals surface area contributed by atoms with E-state index in [0.29, 0.717) is 6.42 Å². The fourth-order valence-electron chi connectivity index (χ4n) is 2.45. The van der Waals surface area contributed by atoms with Crippen LogP contribution in [-0.4, -0.2) is 47.7 Å². The second kappa shape index (κ2) is 18.9. The van der Waals surface area contributed by atoms with Gasteiger partial charge in [0.25, 0.3) is 0 Å². The second-order valence-corrected chi connectivity index (χ2v) is 7.32. The summed E-state index contributed by atoms with van der Waals surface area (Å²) in [6.45, 7) is 0.765. The zero-order chi connectivity index (χ0) is 20.9. The molecule has 162 valence electrons. The van der Waals surface area contributed by atoms with Crippen LogP contribution in [0.5, 0.6) is 0 Å². The molecule has 0 radical (unpaired) electrons. The number of rotatable bonds is 18. The Labute approximate surface area is 170 Å². The van der Waals surface area contributed by atoms with Gasteiger partial charge in [0.05, 0.1) is 25.2 Å². The van der Waals surface area contributed by atoms with Crippen molar-refractivity contribution in [2.45, 2.75) is 71.1 Å². The minimum atomic E-state index is -1.15. The lowest BCUT2D eigenvalue weighted by molar-refractivity contribution is -0.151. The topological polar surface area (TPSA) is 87.0 Å². The molecule has 0 saturated heterocycles. The van der Waals surface area contributed by atoms with Crippen molar-refractivity contribution < 1.29 is 24.9 Å². The van der Waals surface area contributed by atoms with Crippen LogP contribution in [0.15, 0.2) is 36.5 Å². The number of carbonyl (C=O) groups is 1. The third-order valence-corrected chi connectivity index (χ3v) is 4.63. The number of ether oxygens (including phenoxy) is 1. The zero-order valence-corrected chi connectivity index (χ0v) is 17.5. The van der Waals surface area contributed by atoms with Crippen LogP contribution < -0.4 is 0 Å². The number of allylic oxidation sites excluding steroid dienone is 6. The van der Waals surface area contributed by atoms with Gasteiger partial charge in [-0.2, -0.15) is 0 Å². The lowest BCUT2D eigenvalue weighted by atomic mass is 9.93. The van der Waals surface area contributed by atoms with Crippen molar-refractivity contribution >= 4 is 5.97 Å². The van der Waals surface area contributed by atoms with E-state index in [1.54, 1.807) is 0 Å². The fourth-order valence-corrected chi connectivity index (χ4v) is 2.45. The average Bonchev–Trinajstić information content (AvgIpc) is 2.72. The summed E-state index contributed by atoms with van der Waals surface area (Å²) in [6.07, 6.45) is 22.9. The quantitative estimate of drug-likeness (QED) is 0.185. The van der Waals surface area contributed by atoms with E-state index in [-0.39, 0.29) is 12.6 Å². The van der Waals surface area contributed by atoms with Gasteiger partial charge < -0.3 is 20.1 Å². The maximum absolute atomic E-state index is 11.7. The van der Waals surface area contributed by atoms with Gasteiger partial charge in [-0.15, -0.1) is 0 Å². The van der Waals surface area contributed by atoms with E-state index in [1.165, 1.54) is 12.8 Å². The van der Waals surface area contributed by atoms with Crippen LogP contribution in [0.1, 0.15) is 71.1 Å². The SMILES string of the molecule is CCCCC=CC=CC=CCCCCCCCC(=O)OCC(CO)(CO)CO. The molecule has 3 N–H and O–H groups in total. The number of aliphatic hydroxyl groups is 3. The normalized spacial score (nSPS) is 12.6. The van der Waals surface area contributed by atoms with Gasteiger partial charge in [0.2, 0.25) is 0 Å². The first-order valence-corrected chi connectivity index (χ1v) is 10.6. The summed E-state index contributed by atoms with van der Waals surface area (Å²) in [7, 11) is 0. The molecule has 5 heteroatoms. The van der Waals surface area contributed by atoms with Crippen LogP contribution >= 0.6 is 0 Å². The van der Waals surface area contributed by atoms with Gasteiger partial charge in [-0.25, -0.2) is 0 Å². The smallest absolute Gasteiger partial charge is 0.305 e. The molecule has 0 heterocycles. The molecule has 5 nitrogen and oxygen atoms in total. The van der Waals surface area contributed by atoms with Crippen molar-refractivity contribution in [2.75, 3.05) is 26.4 Å². The molecule has 0 aliphatic carbocycles. The molecule has 0 aromatic rings. The van der Waals surface area contributed by atoms with Gasteiger partial charge in [0.15, 0.2) is 0 Å². The van der Waals surface area contributed by atoms with Crippen molar-refractivity contribution in [3.63, 3.8) is 0 Å². The lowest BCUT2D eigenvalue weighted by Crippen LogP contribution is -2.39. The monoisotopic (exact) mass is 396 g/mol. The van der Waals surface area contributed by atoms with Gasteiger partial charge >= 0.3 is 5.97 Å². The average molecular weight is 397 g/mol. The van der Waals surface area contributed by atoms with Crippen LogP contribution in [0.25, 0.3) is 0 Å². The Morgan fingerprint density at radius 2 is 1.32 bits per heavy atom. The second-order valence-electron chi connectivity index (χ2n) is 7.32. The molecule has 0 atom stereocenters. The third-order valence-electron chi connectivity index (χ3n) is 4.63. The molecule has 28 heavy (non-hydrogen) atoms. The number of hydrogen-bond donors (Lipinski definition) is 3. The molecule has 0 aromatic heterocycles. The third kappa shape index (κ3) is 14.6. The first kappa shape index (κ1) is 26.6. The van der Waals surface area contributed by atoms with Crippen molar-refractivity contribution in [1.82, 2.24) is 0 Å². The Balaban J connectivity index is 3.59. The predicted octanol–water partition coefficient (Wildman–Crippen LogP) is 4.08. The van der Waals surface area contributed by atoms with Gasteiger partial charge in [0, 0.05) is 6.42 Å². The summed E-state index contributed by atoms with van der Waals surface area (Å²) in [5.41, 5.74) is -1.15. The molecule has 0 spiro atoms. The molecule has 0 saturated carbocycles. The zero-order valence-electron chi connectivity index (χ0n) is 17.5. The van der Waals surface area contributed by atoms with Crippen LogP contribution in [0, 0.1) is 5.41 Å². The Morgan fingerprint density at radius 1 is 0.786 bits per heavy atom. The molecule has 0 bridgehead atoms. The molecule has 0 aliphatic rings. The van der Waals surface area contributed by atoms with Crippen LogP contribution in [0.4, 0.5) is 0 Å². The van der Waals surface area contributed by atoms with Crippen LogP contribution in [0.2, 0.25) is 0 Å². The summed E-state index contributed by atoms with van der Waals surface area (Å²) in [6, 6.07) is 0. The molecular formula is C23H40O5. The first-order chi connectivity index (χ1) is 13.6. The summed E-state index contributed by atoms with van der Waals surface area (Å²) < 4.78 is 5.06. The Hall–Kier alpha value is -1.43.